The fraction of sp³-hybridized carbons (Fsp3) is 0.0667. The van der Waals surface area contributed by atoms with Crippen LogP contribution in [0, 0.1) is 0 Å². The van der Waals surface area contributed by atoms with E-state index in [2.05, 4.69) is 15.4 Å². The molecule has 3 aromatic rings. The van der Waals surface area contributed by atoms with E-state index < -0.39 is 11.9 Å². The van der Waals surface area contributed by atoms with Gasteiger partial charge in [-0.25, -0.2) is 15.8 Å². The molecule has 0 aliphatic rings. The van der Waals surface area contributed by atoms with Crippen molar-refractivity contribution in [2.75, 3.05) is 5.43 Å². The molecule has 0 spiro atoms. The first-order valence-electron chi connectivity index (χ1n) is 6.39. The number of nitrogens with zero attached hydrogens (tertiary/aromatic N) is 2. The molecule has 22 heavy (non-hydrogen) atoms. The summed E-state index contributed by atoms with van der Waals surface area (Å²) in [5.74, 6) is 4.88. The number of alkyl halides is 3. The van der Waals surface area contributed by atoms with E-state index in [1.54, 1.807) is 12.1 Å². The fourth-order valence-electron chi connectivity index (χ4n) is 2.15. The Labute approximate surface area is 123 Å². The third-order valence-electron chi connectivity index (χ3n) is 3.19. The highest BCUT2D eigenvalue weighted by molar-refractivity contribution is 5.86. The lowest BCUT2D eigenvalue weighted by molar-refractivity contribution is -0.141. The molecule has 0 atom stereocenters. The molecule has 0 aliphatic heterocycles. The number of rotatable bonds is 2. The predicted octanol–water partition coefficient (Wildman–Crippen LogP) is 3.60. The second kappa shape index (κ2) is 5.27. The molecule has 1 heterocycles. The summed E-state index contributed by atoms with van der Waals surface area (Å²) in [6, 6.07) is 13.8. The van der Waals surface area contributed by atoms with Crippen LogP contribution in [0.15, 0.2) is 48.5 Å². The highest BCUT2D eigenvalue weighted by atomic mass is 19.4. The van der Waals surface area contributed by atoms with Gasteiger partial charge >= 0.3 is 6.18 Å². The van der Waals surface area contributed by atoms with Crippen molar-refractivity contribution in [3.63, 3.8) is 0 Å². The summed E-state index contributed by atoms with van der Waals surface area (Å²) in [5, 5.41) is 1.91. The summed E-state index contributed by atoms with van der Waals surface area (Å²) >= 11 is 0. The topological polar surface area (TPSA) is 63.8 Å². The number of halogens is 3. The number of hydrazine groups is 1. The Kier molecular flexibility index (Phi) is 3.42. The van der Waals surface area contributed by atoms with E-state index in [1.807, 2.05) is 30.3 Å². The maximum absolute atomic E-state index is 12.9. The van der Waals surface area contributed by atoms with Crippen LogP contribution in [-0.4, -0.2) is 9.97 Å². The van der Waals surface area contributed by atoms with Crippen LogP contribution in [-0.2, 0) is 6.18 Å². The second-order valence-corrected chi connectivity index (χ2v) is 4.67. The minimum absolute atomic E-state index is 0.154. The first-order valence-corrected chi connectivity index (χ1v) is 6.39. The maximum atomic E-state index is 12.9. The zero-order valence-electron chi connectivity index (χ0n) is 11.2. The molecule has 0 bridgehead atoms. The standard InChI is InChI=1S/C15H11F3N4/c16-15(17,18)13-8-12(20-14(21-13)22-19)11-6-5-9-3-1-2-4-10(9)7-11/h1-8H,19H2,(H,20,21,22). The number of hydrogen-bond donors (Lipinski definition) is 2. The number of nitrogen functional groups attached to an aromatic ring is 1. The summed E-state index contributed by atoms with van der Waals surface area (Å²) in [6.07, 6.45) is -4.57. The molecule has 0 saturated heterocycles. The molecule has 0 unspecified atom stereocenters. The summed E-state index contributed by atoms with van der Waals surface area (Å²) in [5.41, 5.74) is 1.73. The van der Waals surface area contributed by atoms with E-state index in [1.165, 1.54) is 0 Å². The van der Waals surface area contributed by atoms with Crippen LogP contribution in [0.25, 0.3) is 22.0 Å². The fourth-order valence-corrected chi connectivity index (χ4v) is 2.15. The Balaban J connectivity index is 2.16. The van der Waals surface area contributed by atoms with Crippen molar-refractivity contribution in [3.05, 3.63) is 54.2 Å². The van der Waals surface area contributed by atoms with E-state index >= 15 is 0 Å². The number of fused-ring (bicyclic) bond motifs is 1. The van der Waals surface area contributed by atoms with Gasteiger partial charge in [-0.2, -0.15) is 13.2 Å². The molecule has 0 fully saturated rings. The molecule has 0 aliphatic carbocycles. The number of benzene rings is 2. The van der Waals surface area contributed by atoms with Gasteiger partial charge in [0, 0.05) is 5.56 Å². The maximum Gasteiger partial charge on any atom is 0.433 e. The SMILES string of the molecule is NNc1nc(-c2ccc3ccccc3c2)cc(C(F)(F)F)n1. The molecule has 3 rings (SSSR count). The molecule has 7 heteroatoms. The van der Waals surface area contributed by atoms with Crippen LogP contribution < -0.4 is 11.3 Å². The van der Waals surface area contributed by atoms with E-state index in [0.717, 1.165) is 16.8 Å². The molecule has 0 saturated carbocycles. The molecule has 1 aromatic heterocycles. The summed E-state index contributed by atoms with van der Waals surface area (Å²) in [6.45, 7) is 0. The van der Waals surface area contributed by atoms with E-state index in [9.17, 15) is 13.2 Å². The van der Waals surface area contributed by atoms with E-state index in [0.29, 0.717) is 5.56 Å². The zero-order chi connectivity index (χ0) is 15.7. The van der Waals surface area contributed by atoms with Gasteiger partial charge < -0.3 is 0 Å². The Bertz CT molecular complexity index is 830. The second-order valence-electron chi connectivity index (χ2n) is 4.67. The summed E-state index contributed by atoms with van der Waals surface area (Å²) in [4.78, 5) is 7.33. The van der Waals surface area contributed by atoms with Gasteiger partial charge in [-0.15, -0.1) is 0 Å². The Hall–Kier alpha value is -2.67. The molecule has 2 aromatic carbocycles. The van der Waals surface area contributed by atoms with Gasteiger partial charge in [0.05, 0.1) is 5.69 Å². The van der Waals surface area contributed by atoms with Gasteiger partial charge in [0.25, 0.3) is 0 Å². The Morgan fingerprint density at radius 1 is 0.909 bits per heavy atom. The molecular weight excluding hydrogens is 293 g/mol. The average Bonchev–Trinajstić information content (AvgIpc) is 2.53. The minimum atomic E-state index is -4.57. The quantitative estimate of drug-likeness (QED) is 0.561. The average molecular weight is 304 g/mol. The molecular formula is C15H11F3N4. The normalized spacial score (nSPS) is 11.6. The molecule has 112 valence electrons. The van der Waals surface area contributed by atoms with Crippen molar-refractivity contribution in [2.24, 2.45) is 5.84 Å². The lowest BCUT2D eigenvalue weighted by Gasteiger charge is -2.10. The third-order valence-corrected chi connectivity index (χ3v) is 3.19. The largest absolute Gasteiger partial charge is 0.433 e. The van der Waals surface area contributed by atoms with Crippen LogP contribution in [0.2, 0.25) is 0 Å². The smallest absolute Gasteiger partial charge is 0.292 e. The highest BCUT2D eigenvalue weighted by Gasteiger charge is 2.33. The van der Waals surface area contributed by atoms with Gasteiger partial charge in [-0.3, -0.25) is 5.43 Å². The van der Waals surface area contributed by atoms with Crippen molar-refractivity contribution < 1.29 is 13.2 Å². The van der Waals surface area contributed by atoms with Crippen molar-refractivity contribution in [1.82, 2.24) is 9.97 Å². The predicted molar refractivity (Wildman–Crippen MR) is 77.8 cm³/mol. The summed E-state index contributed by atoms with van der Waals surface area (Å²) in [7, 11) is 0. The number of nitrogens with two attached hydrogens (primary N) is 1. The number of hydrogen-bond acceptors (Lipinski definition) is 4. The van der Waals surface area contributed by atoms with Crippen LogP contribution in [0.4, 0.5) is 19.1 Å². The highest BCUT2D eigenvalue weighted by Crippen LogP contribution is 2.31. The Morgan fingerprint density at radius 3 is 2.32 bits per heavy atom. The zero-order valence-corrected chi connectivity index (χ0v) is 11.2. The molecule has 0 radical (unpaired) electrons. The Morgan fingerprint density at radius 2 is 1.64 bits per heavy atom. The molecule has 4 nitrogen and oxygen atoms in total. The van der Waals surface area contributed by atoms with Crippen molar-refractivity contribution in [2.45, 2.75) is 6.18 Å². The van der Waals surface area contributed by atoms with E-state index in [-0.39, 0.29) is 11.6 Å². The van der Waals surface area contributed by atoms with Gasteiger partial charge in [-0.05, 0) is 22.9 Å². The molecule has 0 amide bonds. The van der Waals surface area contributed by atoms with Crippen molar-refractivity contribution in [3.8, 4) is 11.3 Å². The third kappa shape index (κ3) is 2.71. The van der Waals surface area contributed by atoms with Gasteiger partial charge in [0.15, 0.2) is 5.69 Å². The first kappa shape index (κ1) is 14.3. The van der Waals surface area contributed by atoms with Gasteiger partial charge in [-0.1, -0.05) is 36.4 Å². The lowest BCUT2D eigenvalue weighted by atomic mass is 10.0. The number of aromatic nitrogens is 2. The first-order chi connectivity index (χ1) is 10.5. The number of anilines is 1. The minimum Gasteiger partial charge on any atom is -0.292 e. The summed E-state index contributed by atoms with van der Waals surface area (Å²) < 4.78 is 38.7. The van der Waals surface area contributed by atoms with E-state index in [4.69, 9.17) is 5.84 Å². The van der Waals surface area contributed by atoms with Crippen LogP contribution in [0.3, 0.4) is 0 Å². The van der Waals surface area contributed by atoms with Crippen LogP contribution in [0.5, 0.6) is 0 Å². The van der Waals surface area contributed by atoms with Crippen molar-refractivity contribution in [1.29, 1.82) is 0 Å². The number of nitrogens with one attached hydrogen (secondary N) is 1. The molecule has 3 N–H and O–H groups in total. The lowest BCUT2D eigenvalue weighted by Crippen LogP contribution is -2.15. The van der Waals surface area contributed by atoms with Crippen molar-refractivity contribution >= 4 is 16.7 Å². The monoisotopic (exact) mass is 304 g/mol. The van der Waals surface area contributed by atoms with Crippen LogP contribution in [0.1, 0.15) is 5.69 Å². The van der Waals surface area contributed by atoms with Gasteiger partial charge in [0.1, 0.15) is 0 Å². The van der Waals surface area contributed by atoms with Crippen LogP contribution >= 0.6 is 0 Å². The van der Waals surface area contributed by atoms with Gasteiger partial charge in [0.2, 0.25) is 5.95 Å².